The molecule has 1 N–H and O–H groups in total. The Morgan fingerprint density at radius 2 is 2.05 bits per heavy atom. The van der Waals surface area contributed by atoms with Crippen molar-refractivity contribution >= 4 is 17.6 Å². The van der Waals surface area contributed by atoms with E-state index in [4.69, 9.17) is 4.74 Å². The molecule has 0 atom stereocenters. The Bertz CT molecular complexity index is 501. The van der Waals surface area contributed by atoms with Crippen molar-refractivity contribution in [1.82, 2.24) is 0 Å². The molecule has 0 amide bonds. The van der Waals surface area contributed by atoms with E-state index in [-0.39, 0.29) is 29.7 Å². The second-order valence-corrected chi connectivity index (χ2v) is 4.53. The number of phenolic OH excluding ortho intramolecular Hbond substituents is 1. The van der Waals surface area contributed by atoms with E-state index in [1.807, 2.05) is 0 Å². The molecule has 4 nitrogen and oxygen atoms in total. The third kappa shape index (κ3) is 4.58. The van der Waals surface area contributed by atoms with Gasteiger partial charge in [0.1, 0.15) is 5.78 Å². The number of ether oxygens (including phenoxy) is 1. The molecule has 0 aliphatic rings. The van der Waals surface area contributed by atoms with Crippen molar-refractivity contribution in [2.75, 3.05) is 7.11 Å². The lowest BCUT2D eigenvalue weighted by Crippen LogP contribution is -2.11. The highest BCUT2D eigenvalue weighted by Crippen LogP contribution is 2.26. The lowest BCUT2D eigenvalue weighted by atomic mass is 10.0. The van der Waals surface area contributed by atoms with Crippen LogP contribution in [-0.2, 0) is 9.59 Å². The molecule has 102 valence electrons. The van der Waals surface area contributed by atoms with Gasteiger partial charge in [-0.3, -0.25) is 9.59 Å². The molecule has 1 aromatic carbocycles. The number of methoxy groups -OCH3 is 1. The molecule has 0 aromatic heterocycles. The van der Waals surface area contributed by atoms with Gasteiger partial charge in [-0.05, 0) is 23.8 Å². The van der Waals surface area contributed by atoms with Crippen LogP contribution in [0, 0.1) is 5.92 Å². The Hall–Kier alpha value is -2.10. The fourth-order valence-corrected chi connectivity index (χ4v) is 1.42. The van der Waals surface area contributed by atoms with Crippen LogP contribution in [0.25, 0.3) is 6.08 Å². The molecular formula is C15H18O4. The number of hydrogen-bond donors (Lipinski definition) is 1. The Balaban J connectivity index is 2.71. The van der Waals surface area contributed by atoms with Crippen LogP contribution in [0.15, 0.2) is 24.3 Å². The first-order valence-electron chi connectivity index (χ1n) is 6.04. The molecule has 0 heterocycles. The average Bonchev–Trinajstić information content (AvgIpc) is 2.37. The molecule has 0 saturated carbocycles. The maximum Gasteiger partial charge on any atom is 0.163 e. The Kier molecular flexibility index (Phi) is 5.30. The van der Waals surface area contributed by atoms with E-state index in [9.17, 15) is 14.7 Å². The highest BCUT2D eigenvalue weighted by molar-refractivity contribution is 6.06. The Morgan fingerprint density at radius 1 is 1.37 bits per heavy atom. The van der Waals surface area contributed by atoms with Crippen LogP contribution >= 0.6 is 0 Å². The van der Waals surface area contributed by atoms with Crippen LogP contribution in [0.2, 0.25) is 0 Å². The summed E-state index contributed by atoms with van der Waals surface area (Å²) >= 11 is 0. The number of rotatable bonds is 6. The molecule has 0 aliphatic heterocycles. The van der Waals surface area contributed by atoms with Gasteiger partial charge in [-0.2, -0.15) is 0 Å². The van der Waals surface area contributed by atoms with E-state index >= 15 is 0 Å². The number of carbonyl (C=O) groups is 2. The van der Waals surface area contributed by atoms with Crippen molar-refractivity contribution in [2.45, 2.75) is 20.3 Å². The van der Waals surface area contributed by atoms with Gasteiger partial charge in [0.25, 0.3) is 0 Å². The normalized spacial score (nSPS) is 10.9. The SMILES string of the molecule is COc1cc(/C=C/C(=O)CC(=O)C(C)C)ccc1O. The quantitative estimate of drug-likeness (QED) is 0.632. The third-order valence-corrected chi connectivity index (χ3v) is 2.66. The lowest BCUT2D eigenvalue weighted by molar-refractivity contribution is -0.126. The zero-order valence-corrected chi connectivity index (χ0v) is 11.3. The number of carbonyl (C=O) groups excluding carboxylic acids is 2. The summed E-state index contributed by atoms with van der Waals surface area (Å²) in [6.45, 7) is 3.54. The summed E-state index contributed by atoms with van der Waals surface area (Å²) in [7, 11) is 1.45. The molecule has 1 aromatic rings. The zero-order valence-electron chi connectivity index (χ0n) is 11.3. The minimum Gasteiger partial charge on any atom is -0.504 e. The first-order chi connectivity index (χ1) is 8.93. The number of aromatic hydroxyl groups is 1. The fraction of sp³-hybridized carbons (Fsp3) is 0.333. The van der Waals surface area contributed by atoms with E-state index < -0.39 is 0 Å². The Morgan fingerprint density at radius 3 is 2.63 bits per heavy atom. The number of ketones is 2. The van der Waals surface area contributed by atoms with Gasteiger partial charge >= 0.3 is 0 Å². The van der Waals surface area contributed by atoms with Crippen LogP contribution in [0.4, 0.5) is 0 Å². The predicted octanol–water partition coefficient (Wildman–Crippen LogP) is 2.60. The number of Topliss-reactive ketones (excluding diaryl/α,β-unsaturated/α-hetero) is 1. The molecule has 0 bridgehead atoms. The number of hydrogen-bond acceptors (Lipinski definition) is 4. The van der Waals surface area contributed by atoms with Crippen molar-refractivity contribution < 1.29 is 19.4 Å². The number of benzene rings is 1. The summed E-state index contributed by atoms with van der Waals surface area (Å²) in [4.78, 5) is 23.0. The fourth-order valence-electron chi connectivity index (χ4n) is 1.42. The molecular weight excluding hydrogens is 244 g/mol. The molecule has 0 saturated heterocycles. The highest BCUT2D eigenvalue weighted by Gasteiger charge is 2.10. The van der Waals surface area contributed by atoms with Crippen molar-refractivity contribution in [3.63, 3.8) is 0 Å². The van der Waals surface area contributed by atoms with Crippen LogP contribution < -0.4 is 4.74 Å². The maximum atomic E-state index is 11.6. The van der Waals surface area contributed by atoms with Gasteiger partial charge in [0.15, 0.2) is 17.3 Å². The second-order valence-electron chi connectivity index (χ2n) is 4.53. The maximum absolute atomic E-state index is 11.6. The van der Waals surface area contributed by atoms with E-state index in [1.165, 1.54) is 19.3 Å². The molecule has 1 rings (SSSR count). The van der Waals surface area contributed by atoms with E-state index in [0.717, 1.165) is 5.56 Å². The summed E-state index contributed by atoms with van der Waals surface area (Å²) in [5, 5.41) is 9.43. The molecule has 0 aliphatic carbocycles. The van der Waals surface area contributed by atoms with Gasteiger partial charge in [-0.15, -0.1) is 0 Å². The largest absolute Gasteiger partial charge is 0.504 e. The van der Waals surface area contributed by atoms with Crippen LogP contribution in [0.3, 0.4) is 0 Å². The molecule has 0 fully saturated rings. The topological polar surface area (TPSA) is 63.6 Å². The zero-order chi connectivity index (χ0) is 14.4. The van der Waals surface area contributed by atoms with Crippen molar-refractivity contribution in [3.8, 4) is 11.5 Å². The van der Waals surface area contributed by atoms with Gasteiger partial charge in [0, 0.05) is 5.92 Å². The van der Waals surface area contributed by atoms with Gasteiger partial charge in [0.2, 0.25) is 0 Å². The van der Waals surface area contributed by atoms with Crippen LogP contribution in [-0.4, -0.2) is 23.8 Å². The molecule has 0 radical (unpaired) electrons. The number of phenols is 1. The first kappa shape index (κ1) is 15.0. The highest BCUT2D eigenvalue weighted by atomic mass is 16.5. The summed E-state index contributed by atoms with van der Waals surface area (Å²) < 4.78 is 4.97. The van der Waals surface area contributed by atoms with Crippen molar-refractivity contribution in [3.05, 3.63) is 29.8 Å². The monoisotopic (exact) mass is 262 g/mol. The smallest absolute Gasteiger partial charge is 0.163 e. The van der Waals surface area contributed by atoms with Crippen molar-refractivity contribution in [2.24, 2.45) is 5.92 Å². The molecule has 4 heteroatoms. The van der Waals surface area contributed by atoms with Gasteiger partial charge in [0.05, 0.1) is 13.5 Å². The molecule has 0 unspecified atom stereocenters. The molecule has 0 spiro atoms. The van der Waals surface area contributed by atoms with Gasteiger partial charge in [-0.25, -0.2) is 0 Å². The first-order valence-corrected chi connectivity index (χ1v) is 6.04. The predicted molar refractivity (Wildman–Crippen MR) is 73.2 cm³/mol. The van der Waals surface area contributed by atoms with Crippen molar-refractivity contribution in [1.29, 1.82) is 0 Å². The third-order valence-electron chi connectivity index (χ3n) is 2.66. The minimum absolute atomic E-state index is 0.0426. The van der Waals surface area contributed by atoms with Gasteiger partial charge in [-0.1, -0.05) is 26.0 Å². The Labute approximate surface area is 112 Å². The standard InChI is InChI=1S/C15H18O4/c1-10(2)14(18)9-12(16)6-4-11-5-7-13(17)15(8-11)19-3/h4-8,10,17H,9H2,1-3H3/b6-4+. The summed E-state index contributed by atoms with van der Waals surface area (Å²) in [5.41, 5.74) is 0.722. The summed E-state index contributed by atoms with van der Waals surface area (Å²) in [5.74, 6) is -0.0522. The van der Waals surface area contributed by atoms with E-state index in [2.05, 4.69) is 0 Å². The van der Waals surface area contributed by atoms with Gasteiger partial charge < -0.3 is 9.84 Å². The molecule has 19 heavy (non-hydrogen) atoms. The summed E-state index contributed by atoms with van der Waals surface area (Å²) in [6.07, 6.45) is 2.88. The van der Waals surface area contributed by atoms with Crippen LogP contribution in [0.1, 0.15) is 25.8 Å². The summed E-state index contributed by atoms with van der Waals surface area (Å²) in [6, 6.07) is 4.76. The number of allylic oxidation sites excluding steroid dienone is 1. The minimum atomic E-state index is -0.231. The lowest BCUT2D eigenvalue weighted by Gasteiger charge is -2.03. The van der Waals surface area contributed by atoms with E-state index in [1.54, 1.807) is 32.1 Å². The van der Waals surface area contributed by atoms with Crippen LogP contribution in [0.5, 0.6) is 11.5 Å². The second kappa shape index (κ2) is 6.73. The average molecular weight is 262 g/mol. The van der Waals surface area contributed by atoms with E-state index in [0.29, 0.717) is 5.75 Å².